The zero-order chi connectivity index (χ0) is 18.1. The molecule has 2 atom stereocenters. The zero-order valence-corrected chi connectivity index (χ0v) is 14.0. The normalized spacial score (nSPS) is 20.0. The van der Waals surface area contributed by atoms with E-state index < -0.39 is 17.1 Å². The number of hydrazone groups is 1. The third kappa shape index (κ3) is 2.96. The highest BCUT2D eigenvalue weighted by Gasteiger charge is 2.43. The minimum Gasteiger partial charge on any atom is -0.467 e. The van der Waals surface area contributed by atoms with Crippen molar-refractivity contribution in [3.05, 3.63) is 87.7 Å². The molecular weight excluding hydrogens is 360 g/mol. The summed E-state index contributed by atoms with van der Waals surface area (Å²) in [5.74, 6) is 0.674. The molecule has 3 heterocycles. The molecule has 0 saturated carbocycles. The smallest absolute Gasteiger partial charge is 0.389 e. The van der Waals surface area contributed by atoms with E-state index in [1.165, 1.54) is 17.5 Å². The number of nitrogens with zero attached hydrogens (tertiary/aromatic N) is 3. The van der Waals surface area contributed by atoms with Crippen LogP contribution in [0, 0.1) is 10.1 Å². The number of benzene rings is 1. The number of nitrogens with one attached hydrogen (secondary N) is 1. The van der Waals surface area contributed by atoms with Gasteiger partial charge in [-0.05, 0) is 53.5 Å². The second-order valence-corrected chi connectivity index (χ2v) is 6.01. The first-order chi connectivity index (χ1) is 12.6. The topological polar surface area (TPSA) is 97.0 Å². The van der Waals surface area contributed by atoms with E-state index in [4.69, 9.17) is 20.4 Å². The van der Waals surface area contributed by atoms with Gasteiger partial charge in [-0.2, -0.15) is 0 Å². The van der Waals surface area contributed by atoms with E-state index in [9.17, 15) is 10.1 Å². The summed E-state index contributed by atoms with van der Waals surface area (Å²) in [6, 6.07) is 12.9. The maximum Gasteiger partial charge on any atom is 0.389 e. The Balaban J connectivity index is 1.83. The molecule has 1 aliphatic heterocycles. The maximum absolute atomic E-state index is 11.6. The zero-order valence-electron chi connectivity index (χ0n) is 13.3. The van der Waals surface area contributed by atoms with Crippen molar-refractivity contribution in [3.8, 4) is 0 Å². The number of furan rings is 2. The van der Waals surface area contributed by atoms with Crippen molar-refractivity contribution in [2.75, 3.05) is 5.01 Å². The standard InChI is InChI=1S/C17H13ClN4O4/c18-11-5-7-12(8-6-11)21-16(14-4-2-10-26-14)19-15(13-3-1-9-25-13)17(20-21)22(23)24/h1-10,15-16,19H/t15-,16+/m1/s1. The molecule has 1 aliphatic rings. The highest BCUT2D eigenvalue weighted by atomic mass is 35.5. The molecule has 0 bridgehead atoms. The molecule has 2 aromatic heterocycles. The minimum atomic E-state index is -0.821. The highest BCUT2D eigenvalue weighted by Crippen LogP contribution is 2.34. The van der Waals surface area contributed by atoms with Crippen molar-refractivity contribution < 1.29 is 13.8 Å². The van der Waals surface area contributed by atoms with E-state index in [1.54, 1.807) is 48.5 Å². The molecule has 0 aliphatic carbocycles. The average molecular weight is 373 g/mol. The van der Waals surface area contributed by atoms with Crippen LogP contribution in [0.4, 0.5) is 5.69 Å². The average Bonchev–Trinajstić information content (AvgIpc) is 3.35. The van der Waals surface area contributed by atoms with Gasteiger partial charge in [-0.1, -0.05) is 11.6 Å². The molecule has 3 aromatic rings. The third-order valence-corrected chi connectivity index (χ3v) is 4.21. The van der Waals surface area contributed by atoms with Crippen LogP contribution < -0.4 is 10.3 Å². The Morgan fingerprint density at radius 1 is 1.08 bits per heavy atom. The van der Waals surface area contributed by atoms with E-state index in [0.717, 1.165) is 0 Å². The Morgan fingerprint density at radius 2 is 1.73 bits per heavy atom. The molecule has 132 valence electrons. The molecule has 0 radical (unpaired) electrons. The first-order valence-corrected chi connectivity index (χ1v) is 8.12. The number of anilines is 1. The van der Waals surface area contributed by atoms with E-state index in [1.807, 2.05) is 0 Å². The molecule has 0 unspecified atom stereocenters. The first kappa shape index (κ1) is 16.4. The fourth-order valence-corrected chi connectivity index (χ4v) is 2.91. The van der Waals surface area contributed by atoms with Crippen molar-refractivity contribution in [2.24, 2.45) is 5.10 Å². The summed E-state index contributed by atoms with van der Waals surface area (Å²) in [4.78, 5) is 11.1. The third-order valence-electron chi connectivity index (χ3n) is 3.96. The van der Waals surface area contributed by atoms with Gasteiger partial charge in [-0.25, -0.2) is 0 Å². The molecule has 4 rings (SSSR count). The molecule has 1 aromatic carbocycles. The predicted octanol–water partition coefficient (Wildman–Crippen LogP) is 3.97. The van der Waals surface area contributed by atoms with E-state index in [-0.39, 0.29) is 5.84 Å². The summed E-state index contributed by atoms with van der Waals surface area (Å²) in [6.45, 7) is 0. The SMILES string of the molecule is O=[N+]([O-])C1=NN(c2ccc(Cl)cc2)[C@@H](c2ccco2)N[C@@H]1c1ccco1. The van der Waals surface area contributed by atoms with Crippen molar-refractivity contribution >= 4 is 23.1 Å². The number of amidine groups is 1. The van der Waals surface area contributed by atoms with Crippen LogP contribution in [0.2, 0.25) is 5.02 Å². The number of nitro groups is 1. The van der Waals surface area contributed by atoms with Gasteiger partial charge >= 0.3 is 5.84 Å². The Morgan fingerprint density at radius 3 is 2.31 bits per heavy atom. The van der Waals surface area contributed by atoms with Crippen LogP contribution in [0.25, 0.3) is 0 Å². The Hall–Kier alpha value is -3.10. The lowest BCUT2D eigenvalue weighted by molar-refractivity contribution is -0.356. The van der Waals surface area contributed by atoms with Gasteiger partial charge in [-0.15, -0.1) is 5.01 Å². The number of halogens is 1. The summed E-state index contributed by atoms with van der Waals surface area (Å²) in [7, 11) is 0. The van der Waals surface area contributed by atoms with Crippen molar-refractivity contribution in [2.45, 2.75) is 12.2 Å². The van der Waals surface area contributed by atoms with Crippen molar-refractivity contribution in [1.82, 2.24) is 5.32 Å². The molecule has 9 heteroatoms. The fraction of sp³-hybridized carbons (Fsp3) is 0.118. The molecule has 1 N–H and O–H groups in total. The molecule has 0 saturated heterocycles. The largest absolute Gasteiger partial charge is 0.467 e. The van der Waals surface area contributed by atoms with Crippen LogP contribution in [0.15, 0.2) is 75.0 Å². The summed E-state index contributed by atoms with van der Waals surface area (Å²) in [5.41, 5.74) is 0.626. The van der Waals surface area contributed by atoms with E-state index in [0.29, 0.717) is 22.2 Å². The van der Waals surface area contributed by atoms with Crippen molar-refractivity contribution in [1.29, 1.82) is 0 Å². The van der Waals surface area contributed by atoms with Crippen LogP contribution >= 0.6 is 11.6 Å². The summed E-state index contributed by atoms with van der Waals surface area (Å²) >= 11 is 5.95. The molecule has 8 nitrogen and oxygen atoms in total. The van der Waals surface area contributed by atoms with Gasteiger partial charge in [0.2, 0.25) is 0 Å². The lowest BCUT2D eigenvalue weighted by Crippen LogP contribution is -2.47. The fourth-order valence-electron chi connectivity index (χ4n) is 2.79. The molecular formula is C17H13ClN4O4. The molecule has 26 heavy (non-hydrogen) atoms. The summed E-state index contributed by atoms with van der Waals surface area (Å²) in [5, 5.41) is 21.1. The van der Waals surface area contributed by atoms with Crippen LogP contribution in [-0.2, 0) is 0 Å². The Labute approximate surface area is 152 Å². The van der Waals surface area contributed by atoms with Gasteiger partial charge in [0.15, 0.2) is 12.2 Å². The van der Waals surface area contributed by atoms with Gasteiger partial charge < -0.3 is 18.9 Å². The van der Waals surface area contributed by atoms with Gasteiger partial charge in [0.1, 0.15) is 11.5 Å². The number of hydrogen-bond acceptors (Lipinski definition) is 7. The Bertz CT molecular complexity index is 922. The van der Waals surface area contributed by atoms with Gasteiger partial charge in [-0.3, -0.25) is 5.32 Å². The lowest BCUT2D eigenvalue weighted by atomic mass is 10.1. The van der Waals surface area contributed by atoms with Crippen LogP contribution in [-0.4, -0.2) is 10.8 Å². The number of rotatable bonds is 3. The molecule has 0 amide bonds. The van der Waals surface area contributed by atoms with Gasteiger partial charge in [0.05, 0.1) is 23.3 Å². The summed E-state index contributed by atoms with van der Waals surface area (Å²) < 4.78 is 10.9. The lowest BCUT2D eigenvalue weighted by Gasteiger charge is -2.30. The summed E-state index contributed by atoms with van der Waals surface area (Å²) in [6.07, 6.45) is 2.43. The quantitative estimate of drug-likeness (QED) is 0.552. The molecule has 0 spiro atoms. The highest BCUT2D eigenvalue weighted by molar-refractivity contribution is 6.30. The second kappa shape index (κ2) is 6.66. The van der Waals surface area contributed by atoms with Crippen LogP contribution in [0.3, 0.4) is 0 Å². The van der Waals surface area contributed by atoms with Crippen molar-refractivity contribution in [3.63, 3.8) is 0 Å². The second-order valence-electron chi connectivity index (χ2n) is 5.57. The maximum atomic E-state index is 11.6. The predicted molar refractivity (Wildman–Crippen MR) is 94.4 cm³/mol. The first-order valence-electron chi connectivity index (χ1n) is 7.74. The van der Waals surface area contributed by atoms with E-state index >= 15 is 0 Å². The van der Waals surface area contributed by atoms with Crippen LogP contribution in [0.1, 0.15) is 23.7 Å². The minimum absolute atomic E-state index is 0.280. The van der Waals surface area contributed by atoms with E-state index in [2.05, 4.69) is 10.4 Å². The monoisotopic (exact) mass is 372 g/mol. The van der Waals surface area contributed by atoms with Gasteiger partial charge in [0.25, 0.3) is 0 Å². The van der Waals surface area contributed by atoms with Gasteiger partial charge in [0, 0.05) is 5.02 Å². The van der Waals surface area contributed by atoms with Crippen LogP contribution in [0.5, 0.6) is 0 Å². The molecule has 0 fully saturated rings. The Kier molecular flexibility index (Phi) is 4.19. The number of hydrogen-bond donors (Lipinski definition) is 1.